The van der Waals surface area contributed by atoms with Gasteiger partial charge in [-0.15, -0.1) is 0 Å². The molecule has 0 saturated heterocycles. The van der Waals surface area contributed by atoms with Gasteiger partial charge in [-0.2, -0.15) is 5.10 Å². The van der Waals surface area contributed by atoms with Gasteiger partial charge in [-0.05, 0) is 18.6 Å². The van der Waals surface area contributed by atoms with Gasteiger partial charge in [0.2, 0.25) is 0 Å². The van der Waals surface area contributed by atoms with Crippen LogP contribution in [-0.2, 0) is 0 Å². The van der Waals surface area contributed by atoms with E-state index in [-0.39, 0.29) is 0 Å². The third-order valence-corrected chi connectivity index (χ3v) is 2.11. The fourth-order valence-electron chi connectivity index (χ4n) is 1.39. The highest BCUT2D eigenvalue weighted by Crippen LogP contribution is 2.26. The molecule has 1 heterocycles. The Morgan fingerprint density at radius 1 is 1.46 bits per heavy atom. The van der Waals surface area contributed by atoms with Gasteiger partial charge < -0.3 is 10.5 Å². The fourth-order valence-corrected chi connectivity index (χ4v) is 1.39. The first-order chi connectivity index (χ1) is 6.22. The number of hydrogen-bond donors (Lipinski definition) is 2. The number of H-pyrrole nitrogens is 1. The first-order valence-electron chi connectivity index (χ1n) is 4.00. The summed E-state index contributed by atoms with van der Waals surface area (Å²) >= 11 is 0. The van der Waals surface area contributed by atoms with Crippen LogP contribution in [0.25, 0.3) is 10.9 Å². The van der Waals surface area contributed by atoms with Gasteiger partial charge in [0.15, 0.2) is 5.82 Å². The van der Waals surface area contributed by atoms with Gasteiger partial charge in [0, 0.05) is 11.5 Å². The number of nitrogens with one attached hydrogen (secondary N) is 1. The topological polar surface area (TPSA) is 63.9 Å². The summed E-state index contributed by atoms with van der Waals surface area (Å²) in [6, 6.07) is 3.86. The second-order valence-corrected chi connectivity index (χ2v) is 2.98. The minimum atomic E-state index is 0.528. The standard InChI is InChI=1S/C9H11N3O/c1-5-3-6-7(4-8(5)13-2)11-12-9(6)10/h3-4H,1-2H3,(H3,10,11,12). The van der Waals surface area contributed by atoms with Crippen LogP contribution in [-0.4, -0.2) is 17.3 Å². The quantitative estimate of drug-likeness (QED) is 0.693. The van der Waals surface area contributed by atoms with Gasteiger partial charge in [-0.3, -0.25) is 5.10 Å². The smallest absolute Gasteiger partial charge is 0.153 e. The van der Waals surface area contributed by atoms with E-state index in [4.69, 9.17) is 10.5 Å². The number of nitrogens with zero attached hydrogens (tertiary/aromatic N) is 1. The van der Waals surface area contributed by atoms with Gasteiger partial charge >= 0.3 is 0 Å². The summed E-state index contributed by atoms with van der Waals surface area (Å²) in [5.41, 5.74) is 7.61. The van der Waals surface area contributed by atoms with Crippen LogP contribution < -0.4 is 10.5 Å². The highest BCUT2D eigenvalue weighted by molar-refractivity contribution is 5.90. The summed E-state index contributed by atoms with van der Waals surface area (Å²) in [5, 5.41) is 7.69. The van der Waals surface area contributed by atoms with E-state index in [0.717, 1.165) is 22.2 Å². The molecule has 0 aliphatic carbocycles. The Kier molecular flexibility index (Phi) is 1.62. The number of rotatable bonds is 1. The van der Waals surface area contributed by atoms with Gasteiger partial charge in [0.05, 0.1) is 12.6 Å². The number of methoxy groups -OCH3 is 1. The van der Waals surface area contributed by atoms with Crippen molar-refractivity contribution in [2.24, 2.45) is 0 Å². The molecule has 0 amide bonds. The molecular weight excluding hydrogens is 166 g/mol. The average Bonchev–Trinajstić information content (AvgIpc) is 2.47. The summed E-state index contributed by atoms with van der Waals surface area (Å²) in [7, 11) is 1.65. The van der Waals surface area contributed by atoms with Gasteiger partial charge in [-0.1, -0.05) is 0 Å². The summed E-state index contributed by atoms with van der Waals surface area (Å²) in [6.07, 6.45) is 0. The van der Waals surface area contributed by atoms with Crippen molar-refractivity contribution in [3.05, 3.63) is 17.7 Å². The zero-order valence-corrected chi connectivity index (χ0v) is 7.59. The van der Waals surface area contributed by atoms with Crippen molar-refractivity contribution >= 4 is 16.7 Å². The number of ether oxygens (including phenoxy) is 1. The molecule has 3 N–H and O–H groups in total. The zero-order chi connectivity index (χ0) is 9.42. The summed E-state index contributed by atoms with van der Waals surface area (Å²) in [4.78, 5) is 0. The second-order valence-electron chi connectivity index (χ2n) is 2.98. The van der Waals surface area contributed by atoms with E-state index in [1.165, 1.54) is 0 Å². The van der Waals surface area contributed by atoms with E-state index in [1.807, 2.05) is 19.1 Å². The molecule has 2 aromatic rings. The van der Waals surface area contributed by atoms with E-state index in [1.54, 1.807) is 7.11 Å². The molecule has 13 heavy (non-hydrogen) atoms. The molecule has 1 aromatic heterocycles. The monoisotopic (exact) mass is 177 g/mol. The lowest BCUT2D eigenvalue weighted by atomic mass is 10.1. The molecule has 2 rings (SSSR count). The molecule has 0 spiro atoms. The third kappa shape index (κ3) is 1.11. The van der Waals surface area contributed by atoms with Crippen molar-refractivity contribution in [3.63, 3.8) is 0 Å². The van der Waals surface area contributed by atoms with E-state index in [9.17, 15) is 0 Å². The van der Waals surface area contributed by atoms with Crippen molar-refractivity contribution in [2.45, 2.75) is 6.92 Å². The molecule has 0 fully saturated rings. The first-order valence-corrected chi connectivity index (χ1v) is 4.00. The highest BCUT2D eigenvalue weighted by atomic mass is 16.5. The molecule has 0 aliphatic rings. The van der Waals surface area contributed by atoms with Gasteiger partial charge in [0.25, 0.3) is 0 Å². The second kappa shape index (κ2) is 2.65. The molecule has 68 valence electrons. The predicted octanol–water partition coefficient (Wildman–Crippen LogP) is 1.46. The van der Waals surface area contributed by atoms with Gasteiger partial charge in [0.1, 0.15) is 5.75 Å². The Bertz CT molecular complexity index is 447. The summed E-state index contributed by atoms with van der Waals surface area (Å²) in [5.74, 6) is 1.37. The number of aromatic nitrogens is 2. The lowest BCUT2D eigenvalue weighted by Crippen LogP contribution is -1.87. The van der Waals surface area contributed by atoms with Crippen LogP contribution in [0.2, 0.25) is 0 Å². The third-order valence-electron chi connectivity index (χ3n) is 2.11. The number of hydrogen-bond acceptors (Lipinski definition) is 3. The van der Waals surface area contributed by atoms with E-state index in [2.05, 4.69) is 10.2 Å². The fraction of sp³-hybridized carbons (Fsp3) is 0.222. The van der Waals surface area contributed by atoms with Crippen molar-refractivity contribution in [1.82, 2.24) is 10.2 Å². The number of aryl methyl sites for hydroxylation is 1. The molecule has 0 radical (unpaired) electrons. The first kappa shape index (κ1) is 7.91. The predicted molar refractivity (Wildman–Crippen MR) is 51.8 cm³/mol. The maximum atomic E-state index is 5.65. The molecule has 4 heteroatoms. The summed E-state index contributed by atoms with van der Waals surface area (Å²) < 4.78 is 5.17. The molecule has 0 atom stereocenters. The van der Waals surface area contributed by atoms with Crippen LogP contribution in [0, 0.1) is 6.92 Å². The van der Waals surface area contributed by atoms with Crippen LogP contribution in [0.1, 0.15) is 5.56 Å². The van der Waals surface area contributed by atoms with Crippen LogP contribution >= 0.6 is 0 Å². The number of nitrogen functional groups attached to an aromatic ring is 1. The lowest BCUT2D eigenvalue weighted by molar-refractivity contribution is 0.412. The largest absolute Gasteiger partial charge is 0.496 e. The van der Waals surface area contributed by atoms with Crippen LogP contribution in [0.4, 0.5) is 5.82 Å². The van der Waals surface area contributed by atoms with Crippen molar-refractivity contribution < 1.29 is 4.74 Å². The Morgan fingerprint density at radius 3 is 2.92 bits per heavy atom. The maximum absolute atomic E-state index is 5.65. The molecule has 1 aromatic carbocycles. The molecule has 0 aliphatic heterocycles. The maximum Gasteiger partial charge on any atom is 0.153 e. The molecular formula is C9H11N3O. The zero-order valence-electron chi connectivity index (χ0n) is 7.59. The van der Waals surface area contributed by atoms with Crippen molar-refractivity contribution in [3.8, 4) is 5.75 Å². The van der Waals surface area contributed by atoms with E-state index >= 15 is 0 Å². The van der Waals surface area contributed by atoms with E-state index < -0.39 is 0 Å². The molecule has 4 nitrogen and oxygen atoms in total. The van der Waals surface area contributed by atoms with Gasteiger partial charge in [-0.25, -0.2) is 0 Å². The SMILES string of the molecule is COc1cc2[nH]nc(N)c2cc1C. The van der Waals surface area contributed by atoms with Crippen molar-refractivity contribution in [1.29, 1.82) is 0 Å². The summed E-state index contributed by atoms with van der Waals surface area (Å²) in [6.45, 7) is 1.98. The van der Waals surface area contributed by atoms with Crippen molar-refractivity contribution in [2.75, 3.05) is 12.8 Å². The Hall–Kier alpha value is -1.71. The van der Waals surface area contributed by atoms with Crippen LogP contribution in [0.5, 0.6) is 5.75 Å². The number of anilines is 1. The lowest BCUT2D eigenvalue weighted by Gasteiger charge is -2.03. The minimum absolute atomic E-state index is 0.528. The normalized spacial score (nSPS) is 10.6. The Balaban J connectivity index is 2.76. The Morgan fingerprint density at radius 2 is 2.23 bits per heavy atom. The minimum Gasteiger partial charge on any atom is -0.496 e. The molecule has 0 saturated carbocycles. The van der Waals surface area contributed by atoms with Crippen LogP contribution in [0.3, 0.4) is 0 Å². The Labute approximate surface area is 75.7 Å². The van der Waals surface area contributed by atoms with E-state index in [0.29, 0.717) is 5.82 Å². The highest BCUT2D eigenvalue weighted by Gasteiger charge is 2.05. The number of benzene rings is 1. The molecule has 0 unspecified atom stereocenters. The average molecular weight is 177 g/mol. The number of aromatic amines is 1. The number of fused-ring (bicyclic) bond motifs is 1. The van der Waals surface area contributed by atoms with Crippen LogP contribution in [0.15, 0.2) is 12.1 Å². The number of nitrogens with two attached hydrogens (primary N) is 1. The molecule has 0 bridgehead atoms.